The van der Waals surface area contributed by atoms with Gasteiger partial charge in [-0.25, -0.2) is 9.78 Å². The van der Waals surface area contributed by atoms with Crippen LogP contribution in [0.2, 0.25) is 0 Å². The SMILES string of the molecule is COc1cccc(C(=O)O)c1Oc1cccc(C)n1. The van der Waals surface area contributed by atoms with E-state index in [0.717, 1.165) is 5.69 Å². The first-order valence-corrected chi connectivity index (χ1v) is 5.63. The summed E-state index contributed by atoms with van der Waals surface area (Å²) in [4.78, 5) is 15.4. The highest BCUT2D eigenvalue weighted by Crippen LogP contribution is 2.34. The molecular formula is C14H13NO4. The third-order valence-electron chi connectivity index (χ3n) is 2.50. The number of benzene rings is 1. The number of aromatic nitrogens is 1. The third-order valence-corrected chi connectivity index (χ3v) is 2.50. The van der Waals surface area contributed by atoms with E-state index in [2.05, 4.69) is 4.98 Å². The second-order valence-corrected chi connectivity index (χ2v) is 3.86. The Morgan fingerprint density at radius 3 is 2.58 bits per heavy atom. The van der Waals surface area contributed by atoms with E-state index in [9.17, 15) is 4.79 Å². The van der Waals surface area contributed by atoms with Gasteiger partial charge in [-0.2, -0.15) is 0 Å². The van der Waals surface area contributed by atoms with Crippen molar-refractivity contribution in [3.63, 3.8) is 0 Å². The lowest BCUT2D eigenvalue weighted by Crippen LogP contribution is -2.02. The smallest absolute Gasteiger partial charge is 0.339 e. The summed E-state index contributed by atoms with van der Waals surface area (Å²) in [6.07, 6.45) is 0. The van der Waals surface area contributed by atoms with E-state index in [-0.39, 0.29) is 11.3 Å². The molecule has 0 atom stereocenters. The molecule has 0 amide bonds. The lowest BCUT2D eigenvalue weighted by atomic mass is 10.2. The number of aromatic carboxylic acids is 1. The zero-order valence-corrected chi connectivity index (χ0v) is 10.6. The molecule has 0 unspecified atom stereocenters. The Bertz CT molecular complexity index is 610. The summed E-state index contributed by atoms with van der Waals surface area (Å²) < 4.78 is 10.7. The normalized spacial score (nSPS) is 10.0. The predicted molar refractivity (Wildman–Crippen MR) is 69.0 cm³/mol. The summed E-state index contributed by atoms with van der Waals surface area (Å²) in [5.41, 5.74) is 0.812. The van der Waals surface area contributed by atoms with Gasteiger partial charge in [0.2, 0.25) is 5.88 Å². The Hall–Kier alpha value is -2.56. The molecule has 0 aliphatic heterocycles. The average molecular weight is 259 g/mol. The Balaban J connectivity index is 2.46. The number of hydrogen-bond acceptors (Lipinski definition) is 4. The highest BCUT2D eigenvalue weighted by molar-refractivity contribution is 5.92. The Morgan fingerprint density at radius 2 is 1.95 bits per heavy atom. The molecule has 98 valence electrons. The van der Waals surface area contributed by atoms with Crippen LogP contribution in [0.3, 0.4) is 0 Å². The Morgan fingerprint density at radius 1 is 1.21 bits per heavy atom. The van der Waals surface area contributed by atoms with Gasteiger partial charge in [-0.15, -0.1) is 0 Å². The number of para-hydroxylation sites is 1. The zero-order chi connectivity index (χ0) is 13.8. The fourth-order valence-corrected chi connectivity index (χ4v) is 1.63. The minimum atomic E-state index is -1.08. The van der Waals surface area contributed by atoms with E-state index >= 15 is 0 Å². The largest absolute Gasteiger partial charge is 0.493 e. The molecule has 1 N–H and O–H groups in total. The van der Waals surface area contributed by atoms with Gasteiger partial charge in [0.25, 0.3) is 0 Å². The number of carbonyl (C=O) groups is 1. The van der Waals surface area contributed by atoms with Gasteiger partial charge in [-0.05, 0) is 25.1 Å². The number of ether oxygens (including phenoxy) is 2. The number of aryl methyl sites for hydroxylation is 1. The van der Waals surface area contributed by atoms with Crippen molar-refractivity contribution in [1.82, 2.24) is 4.98 Å². The summed E-state index contributed by atoms with van der Waals surface area (Å²) >= 11 is 0. The molecule has 0 aliphatic rings. The molecule has 1 heterocycles. The summed E-state index contributed by atoms with van der Waals surface area (Å²) in [7, 11) is 1.46. The molecule has 1 aromatic heterocycles. The monoisotopic (exact) mass is 259 g/mol. The van der Waals surface area contributed by atoms with Gasteiger partial charge in [0, 0.05) is 11.8 Å². The fourth-order valence-electron chi connectivity index (χ4n) is 1.63. The van der Waals surface area contributed by atoms with Crippen LogP contribution in [0.4, 0.5) is 0 Å². The molecule has 19 heavy (non-hydrogen) atoms. The first kappa shape index (κ1) is 12.9. The van der Waals surface area contributed by atoms with Crippen LogP contribution in [0.15, 0.2) is 36.4 Å². The van der Waals surface area contributed by atoms with Crippen molar-refractivity contribution in [3.8, 4) is 17.4 Å². The van der Waals surface area contributed by atoms with Crippen molar-refractivity contribution < 1.29 is 19.4 Å². The molecule has 2 aromatic rings. The van der Waals surface area contributed by atoms with E-state index in [4.69, 9.17) is 14.6 Å². The van der Waals surface area contributed by atoms with Crippen LogP contribution in [-0.2, 0) is 0 Å². The zero-order valence-electron chi connectivity index (χ0n) is 10.6. The standard InChI is InChI=1S/C14H13NO4/c1-9-5-3-8-12(15-9)19-13-10(14(16)17)6-4-7-11(13)18-2/h3-8H,1-2H3,(H,16,17). The number of hydrogen-bond donors (Lipinski definition) is 1. The minimum absolute atomic E-state index is 0.0302. The lowest BCUT2D eigenvalue weighted by Gasteiger charge is -2.12. The summed E-state index contributed by atoms with van der Waals surface area (Å²) in [6, 6.07) is 9.96. The molecule has 0 bridgehead atoms. The molecule has 0 saturated carbocycles. The molecule has 0 saturated heterocycles. The van der Waals surface area contributed by atoms with E-state index in [1.807, 2.05) is 13.0 Å². The second-order valence-electron chi connectivity index (χ2n) is 3.86. The van der Waals surface area contributed by atoms with Crippen LogP contribution in [0.5, 0.6) is 17.4 Å². The maximum Gasteiger partial charge on any atom is 0.339 e. The van der Waals surface area contributed by atoms with Gasteiger partial charge < -0.3 is 14.6 Å². The van der Waals surface area contributed by atoms with E-state index in [1.54, 1.807) is 24.3 Å². The molecule has 0 radical (unpaired) electrons. The van der Waals surface area contributed by atoms with Crippen molar-refractivity contribution in [3.05, 3.63) is 47.7 Å². The minimum Gasteiger partial charge on any atom is -0.493 e. The van der Waals surface area contributed by atoms with Crippen molar-refractivity contribution >= 4 is 5.97 Å². The highest BCUT2D eigenvalue weighted by Gasteiger charge is 2.17. The van der Waals surface area contributed by atoms with Crippen molar-refractivity contribution in [1.29, 1.82) is 0 Å². The van der Waals surface area contributed by atoms with Gasteiger partial charge in [-0.1, -0.05) is 12.1 Å². The molecule has 0 aliphatic carbocycles. The van der Waals surface area contributed by atoms with E-state index in [1.165, 1.54) is 13.2 Å². The van der Waals surface area contributed by atoms with Crippen LogP contribution in [0, 0.1) is 6.92 Å². The van der Waals surface area contributed by atoms with Gasteiger partial charge in [0.05, 0.1) is 7.11 Å². The van der Waals surface area contributed by atoms with E-state index < -0.39 is 5.97 Å². The fraction of sp³-hybridized carbons (Fsp3) is 0.143. The Labute approximate surface area is 110 Å². The molecule has 2 rings (SSSR count). The van der Waals surface area contributed by atoms with Crippen LogP contribution >= 0.6 is 0 Å². The Kier molecular flexibility index (Phi) is 3.66. The van der Waals surface area contributed by atoms with Crippen molar-refractivity contribution in [2.75, 3.05) is 7.11 Å². The maximum absolute atomic E-state index is 11.2. The topological polar surface area (TPSA) is 68.7 Å². The lowest BCUT2D eigenvalue weighted by molar-refractivity contribution is 0.0693. The molecule has 0 fully saturated rings. The quantitative estimate of drug-likeness (QED) is 0.914. The summed E-state index contributed by atoms with van der Waals surface area (Å²) in [5, 5.41) is 9.16. The van der Waals surface area contributed by atoms with Gasteiger partial charge in [-0.3, -0.25) is 0 Å². The second kappa shape index (κ2) is 5.39. The summed E-state index contributed by atoms with van der Waals surface area (Å²) in [5.74, 6) is -0.257. The molecule has 0 spiro atoms. The number of carboxylic acid groups (broad SMARTS) is 1. The number of pyridine rings is 1. The van der Waals surface area contributed by atoms with Gasteiger partial charge >= 0.3 is 5.97 Å². The number of carboxylic acids is 1. The first-order valence-electron chi connectivity index (χ1n) is 5.63. The average Bonchev–Trinajstić information content (AvgIpc) is 2.38. The van der Waals surface area contributed by atoms with Crippen molar-refractivity contribution in [2.45, 2.75) is 6.92 Å². The maximum atomic E-state index is 11.2. The van der Waals surface area contributed by atoms with Gasteiger partial charge in [0.1, 0.15) is 5.56 Å². The predicted octanol–water partition coefficient (Wildman–Crippen LogP) is 2.89. The summed E-state index contributed by atoms with van der Waals surface area (Å²) in [6.45, 7) is 1.83. The van der Waals surface area contributed by atoms with Crippen LogP contribution in [-0.4, -0.2) is 23.2 Å². The van der Waals surface area contributed by atoms with E-state index in [0.29, 0.717) is 11.6 Å². The van der Waals surface area contributed by atoms with Crippen LogP contribution in [0.1, 0.15) is 16.1 Å². The van der Waals surface area contributed by atoms with Crippen molar-refractivity contribution in [2.24, 2.45) is 0 Å². The number of nitrogens with zero attached hydrogens (tertiary/aromatic N) is 1. The number of rotatable bonds is 4. The van der Waals surface area contributed by atoms with Crippen LogP contribution in [0.25, 0.3) is 0 Å². The van der Waals surface area contributed by atoms with Gasteiger partial charge in [0.15, 0.2) is 11.5 Å². The first-order chi connectivity index (χ1) is 9.11. The van der Waals surface area contributed by atoms with Crippen LogP contribution < -0.4 is 9.47 Å². The molecular weight excluding hydrogens is 246 g/mol. The number of methoxy groups -OCH3 is 1. The third kappa shape index (κ3) is 2.82. The highest BCUT2D eigenvalue weighted by atomic mass is 16.5. The molecule has 1 aromatic carbocycles. The molecule has 5 heteroatoms. The molecule has 5 nitrogen and oxygen atoms in total.